The lowest BCUT2D eigenvalue weighted by Crippen LogP contribution is -2.18. The Labute approximate surface area is 162 Å². The number of hydrogen-bond donors (Lipinski definition) is 3. The average Bonchev–Trinajstić information content (AvgIpc) is 3.12. The van der Waals surface area contributed by atoms with Gasteiger partial charge in [-0.2, -0.15) is 0 Å². The molecule has 0 aliphatic heterocycles. The van der Waals surface area contributed by atoms with Gasteiger partial charge in [0.05, 0.1) is 5.69 Å². The van der Waals surface area contributed by atoms with Gasteiger partial charge >= 0.3 is 0 Å². The van der Waals surface area contributed by atoms with Crippen LogP contribution in [0.4, 0.5) is 0 Å². The zero-order valence-corrected chi connectivity index (χ0v) is 16.6. The fraction of sp³-hybridized carbons (Fsp3) is 0.190. The summed E-state index contributed by atoms with van der Waals surface area (Å²) in [6.45, 7) is 6.10. The minimum atomic E-state index is 0.0632. The molecule has 0 saturated carbocycles. The monoisotopic (exact) mass is 381 g/mol. The Morgan fingerprint density at radius 3 is 2.33 bits per heavy atom. The number of rotatable bonds is 4. The fourth-order valence-corrected chi connectivity index (χ4v) is 4.36. The molecular weight excluding hydrogens is 358 g/mol. The number of thiophene rings is 1. The Hall–Kier alpha value is -2.99. The molecule has 0 unspecified atom stereocenters. The van der Waals surface area contributed by atoms with Crippen LogP contribution in [0.15, 0.2) is 40.9 Å². The van der Waals surface area contributed by atoms with Crippen molar-refractivity contribution < 1.29 is 10.3 Å². The molecule has 5 nitrogen and oxygen atoms in total. The number of phenolic OH excluding ortho intramolecular Hbond substituents is 1. The Balaban J connectivity index is 2.52. The van der Waals surface area contributed by atoms with Crippen LogP contribution >= 0.6 is 11.3 Å². The van der Waals surface area contributed by atoms with Crippen molar-refractivity contribution in [3.63, 3.8) is 0 Å². The van der Waals surface area contributed by atoms with Gasteiger partial charge in [-0.15, -0.1) is 11.3 Å². The van der Waals surface area contributed by atoms with Crippen LogP contribution in [0.5, 0.6) is 5.75 Å². The SMILES string of the molecule is C/C=C/c1c(-c2ccc(O)cc2)c(-c2c(C)csc2C)c(/C(N)=N/O)n1C. The van der Waals surface area contributed by atoms with Gasteiger partial charge in [-0.1, -0.05) is 23.4 Å². The lowest BCUT2D eigenvalue weighted by Gasteiger charge is -2.10. The van der Waals surface area contributed by atoms with Gasteiger partial charge < -0.3 is 20.6 Å². The van der Waals surface area contributed by atoms with E-state index in [0.29, 0.717) is 5.69 Å². The lowest BCUT2D eigenvalue weighted by molar-refractivity contribution is 0.318. The van der Waals surface area contributed by atoms with Crippen LogP contribution in [-0.4, -0.2) is 20.7 Å². The maximum atomic E-state index is 9.71. The first-order valence-corrected chi connectivity index (χ1v) is 9.46. The number of amidine groups is 1. The second-order valence-corrected chi connectivity index (χ2v) is 7.51. The van der Waals surface area contributed by atoms with Gasteiger partial charge in [0.2, 0.25) is 0 Å². The lowest BCUT2D eigenvalue weighted by atomic mass is 9.92. The molecule has 3 rings (SSSR count). The molecule has 140 valence electrons. The molecule has 0 saturated heterocycles. The van der Waals surface area contributed by atoms with Crippen LogP contribution in [0.3, 0.4) is 0 Å². The van der Waals surface area contributed by atoms with E-state index in [4.69, 9.17) is 5.73 Å². The first-order chi connectivity index (χ1) is 12.9. The molecule has 2 aromatic heterocycles. The molecule has 0 atom stereocenters. The molecule has 2 heterocycles. The van der Waals surface area contributed by atoms with Crippen molar-refractivity contribution in [2.45, 2.75) is 20.8 Å². The minimum Gasteiger partial charge on any atom is -0.508 e. The highest BCUT2D eigenvalue weighted by molar-refractivity contribution is 7.10. The number of phenols is 1. The third kappa shape index (κ3) is 3.13. The van der Waals surface area contributed by atoms with E-state index in [2.05, 4.69) is 24.4 Å². The van der Waals surface area contributed by atoms with Gasteiger partial charge in [-0.25, -0.2) is 0 Å². The van der Waals surface area contributed by atoms with E-state index in [1.165, 1.54) is 0 Å². The number of nitrogens with two attached hydrogens (primary N) is 1. The van der Waals surface area contributed by atoms with Crippen LogP contribution < -0.4 is 5.73 Å². The van der Waals surface area contributed by atoms with Crippen LogP contribution in [0, 0.1) is 13.8 Å². The molecule has 0 amide bonds. The van der Waals surface area contributed by atoms with E-state index >= 15 is 0 Å². The van der Waals surface area contributed by atoms with Crippen molar-refractivity contribution in [3.05, 3.63) is 57.6 Å². The summed E-state index contributed by atoms with van der Waals surface area (Å²) in [5.74, 6) is 0.275. The number of aryl methyl sites for hydroxylation is 2. The van der Waals surface area contributed by atoms with Crippen LogP contribution in [0.2, 0.25) is 0 Å². The van der Waals surface area contributed by atoms with Crippen LogP contribution in [0.1, 0.15) is 28.8 Å². The predicted octanol–water partition coefficient (Wildman–Crippen LogP) is 4.87. The number of allylic oxidation sites excluding steroid dienone is 1. The van der Waals surface area contributed by atoms with E-state index in [9.17, 15) is 10.3 Å². The highest BCUT2D eigenvalue weighted by Gasteiger charge is 2.27. The molecule has 1 aromatic carbocycles. The molecule has 0 aliphatic rings. The highest BCUT2D eigenvalue weighted by atomic mass is 32.1. The summed E-state index contributed by atoms with van der Waals surface area (Å²) in [5.41, 5.74) is 12.8. The maximum Gasteiger partial charge on any atom is 0.187 e. The summed E-state index contributed by atoms with van der Waals surface area (Å²) in [5, 5.41) is 24.5. The second-order valence-electron chi connectivity index (χ2n) is 6.42. The average molecular weight is 382 g/mol. The van der Waals surface area contributed by atoms with Crippen molar-refractivity contribution in [1.29, 1.82) is 0 Å². The molecule has 0 radical (unpaired) electrons. The van der Waals surface area contributed by atoms with E-state index in [1.807, 2.05) is 42.8 Å². The van der Waals surface area contributed by atoms with E-state index in [-0.39, 0.29) is 11.6 Å². The molecule has 4 N–H and O–H groups in total. The largest absolute Gasteiger partial charge is 0.508 e. The fourth-order valence-electron chi connectivity index (χ4n) is 3.51. The Bertz CT molecular complexity index is 1020. The van der Waals surface area contributed by atoms with Crippen molar-refractivity contribution in [3.8, 4) is 28.0 Å². The molecular formula is C21H23N3O2S. The van der Waals surface area contributed by atoms with Crippen molar-refractivity contribution >= 4 is 23.2 Å². The summed E-state index contributed by atoms with van der Waals surface area (Å²) >= 11 is 1.68. The van der Waals surface area contributed by atoms with Crippen molar-refractivity contribution in [2.75, 3.05) is 0 Å². The van der Waals surface area contributed by atoms with Crippen LogP contribution in [0.25, 0.3) is 28.3 Å². The molecule has 27 heavy (non-hydrogen) atoms. The molecule has 6 heteroatoms. The summed E-state index contributed by atoms with van der Waals surface area (Å²) < 4.78 is 1.95. The Morgan fingerprint density at radius 2 is 1.81 bits per heavy atom. The van der Waals surface area contributed by atoms with E-state index in [1.54, 1.807) is 23.5 Å². The molecule has 0 aliphatic carbocycles. The Morgan fingerprint density at radius 1 is 1.15 bits per heavy atom. The zero-order chi connectivity index (χ0) is 19.7. The van der Waals surface area contributed by atoms with Crippen molar-refractivity contribution in [1.82, 2.24) is 4.57 Å². The summed E-state index contributed by atoms with van der Waals surface area (Å²) in [6, 6.07) is 7.10. The molecule has 0 bridgehead atoms. The normalized spacial score (nSPS) is 12.2. The van der Waals surface area contributed by atoms with Gasteiger partial charge in [0, 0.05) is 34.3 Å². The predicted molar refractivity (Wildman–Crippen MR) is 113 cm³/mol. The zero-order valence-electron chi connectivity index (χ0n) is 15.8. The standard InChI is InChI=1S/C21H23N3O2S/c1-5-6-16-18(14-7-9-15(25)10-8-14)19(17-12(2)11-27-13(17)3)20(24(16)4)21(22)23-26/h5-11,25-26H,1-4H3,(H2,22,23)/b6-5+. The van der Waals surface area contributed by atoms with Gasteiger partial charge in [-0.05, 0) is 55.5 Å². The molecule has 0 spiro atoms. The summed E-state index contributed by atoms with van der Waals surface area (Å²) in [6.07, 6.45) is 3.98. The third-order valence-electron chi connectivity index (χ3n) is 4.68. The minimum absolute atomic E-state index is 0.0632. The summed E-state index contributed by atoms with van der Waals surface area (Å²) in [7, 11) is 1.91. The van der Waals surface area contributed by atoms with Crippen LogP contribution in [-0.2, 0) is 7.05 Å². The van der Waals surface area contributed by atoms with Gasteiger partial charge in [0.1, 0.15) is 5.75 Å². The maximum absolute atomic E-state index is 9.71. The highest BCUT2D eigenvalue weighted by Crippen LogP contribution is 2.44. The van der Waals surface area contributed by atoms with Gasteiger partial charge in [0.15, 0.2) is 5.84 Å². The third-order valence-corrected chi connectivity index (χ3v) is 5.71. The first kappa shape index (κ1) is 18.8. The number of hydrogen-bond acceptors (Lipinski definition) is 4. The first-order valence-electron chi connectivity index (χ1n) is 8.58. The van der Waals surface area contributed by atoms with Gasteiger partial charge in [0.25, 0.3) is 0 Å². The number of benzene rings is 1. The van der Waals surface area contributed by atoms with Gasteiger partial charge in [-0.3, -0.25) is 0 Å². The molecule has 3 aromatic rings. The summed E-state index contributed by atoms with van der Waals surface area (Å²) in [4.78, 5) is 1.16. The van der Waals surface area contributed by atoms with Crippen molar-refractivity contribution in [2.24, 2.45) is 17.9 Å². The number of nitrogens with zero attached hydrogens (tertiary/aromatic N) is 2. The Kier molecular flexibility index (Phi) is 5.10. The second kappa shape index (κ2) is 7.32. The number of aromatic nitrogens is 1. The topological polar surface area (TPSA) is 83.8 Å². The quantitative estimate of drug-likeness (QED) is 0.261. The van der Waals surface area contributed by atoms with E-state index in [0.717, 1.165) is 38.4 Å². The van der Waals surface area contributed by atoms with E-state index < -0.39 is 0 Å². The number of oxime groups is 1. The smallest absolute Gasteiger partial charge is 0.187 e. The molecule has 0 fully saturated rings. The number of aromatic hydroxyl groups is 1.